The van der Waals surface area contributed by atoms with Crippen molar-refractivity contribution in [1.29, 1.82) is 0 Å². The van der Waals surface area contributed by atoms with Gasteiger partial charge in [0.2, 0.25) is 5.89 Å². The zero-order chi connectivity index (χ0) is 15.6. The van der Waals surface area contributed by atoms with Crippen LogP contribution in [0.4, 0.5) is 5.82 Å². The van der Waals surface area contributed by atoms with E-state index in [1.807, 2.05) is 6.92 Å². The summed E-state index contributed by atoms with van der Waals surface area (Å²) in [5, 5.41) is 7.22. The first-order chi connectivity index (χ1) is 11.3. The molecule has 7 nitrogen and oxygen atoms in total. The Hall–Kier alpha value is -2.06. The van der Waals surface area contributed by atoms with E-state index >= 15 is 0 Å². The second kappa shape index (κ2) is 6.21. The number of hydrogen-bond acceptors (Lipinski definition) is 8. The molecule has 4 rings (SSSR count). The number of anilines is 1. The Labute approximate surface area is 138 Å². The third-order valence-electron chi connectivity index (χ3n) is 4.06. The van der Waals surface area contributed by atoms with Crippen molar-refractivity contribution in [2.24, 2.45) is 0 Å². The van der Waals surface area contributed by atoms with Gasteiger partial charge in [-0.2, -0.15) is 4.98 Å². The predicted octanol–water partition coefficient (Wildman–Crippen LogP) is 2.10. The number of aromatic nitrogens is 4. The van der Waals surface area contributed by atoms with Crippen molar-refractivity contribution < 1.29 is 4.52 Å². The van der Waals surface area contributed by atoms with E-state index in [0.717, 1.165) is 61.0 Å². The average Bonchev–Trinajstić information content (AvgIpc) is 3.12. The molecule has 4 heterocycles. The lowest BCUT2D eigenvalue weighted by Crippen LogP contribution is -2.31. The second-order valence-corrected chi connectivity index (χ2v) is 6.58. The summed E-state index contributed by atoms with van der Waals surface area (Å²) in [6, 6.07) is 2.11. The Bertz CT molecular complexity index is 800. The van der Waals surface area contributed by atoms with Gasteiger partial charge in [-0.15, -0.1) is 11.3 Å². The quantitative estimate of drug-likeness (QED) is 0.728. The largest absolute Gasteiger partial charge is 0.355 e. The lowest BCUT2D eigenvalue weighted by atomic mass is 10.3. The lowest BCUT2D eigenvalue weighted by molar-refractivity contribution is 0.272. The first kappa shape index (κ1) is 14.5. The van der Waals surface area contributed by atoms with Crippen molar-refractivity contribution in [2.45, 2.75) is 19.9 Å². The summed E-state index contributed by atoms with van der Waals surface area (Å²) in [4.78, 5) is 18.9. The van der Waals surface area contributed by atoms with Gasteiger partial charge in [-0.25, -0.2) is 9.97 Å². The van der Waals surface area contributed by atoms with Gasteiger partial charge >= 0.3 is 0 Å². The third kappa shape index (κ3) is 3.04. The molecule has 0 spiro atoms. The molecule has 0 N–H and O–H groups in total. The highest BCUT2D eigenvalue weighted by atomic mass is 32.1. The molecule has 0 unspecified atom stereocenters. The van der Waals surface area contributed by atoms with E-state index in [-0.39, 0.29) is 0 Å². The zero-order valence-corrected chi connectivity index (χ0v) is 13.8. The smallest absolute Gasteiger partial charge is 0.223 e. The standard InChI is InChI=1S/C15H18N6OS/c1-11-18-13(19-22-11)9-20-4-2-5-21(7-6-20)14-12-3-8-23-15(12)17-10-16-14/h3,8,10H,2,4-7,9H2,1H3. The Morgan fingerprint density at radius 3 is 3.04 bits per heavy atom. The van der Waals surface area contributed by atoms with Crippen LogP contribution in [0.5, 0.6) is 0 Å². The number of nitrogens with zero attached hydrogens (tertiary/aromatic N) is 6. The highest BCUT2D eigenvalue weighted by Gasteiger charge is 2.19. The van der Waals surface area contributed by atoms with E-state index in [1.165, 1.54) is 0 Å². The number of fused-ring (bicyclic) bond motifs is 1. The fourth-order valence-electron chi connectivity index (χ4n) is 2.98. The summed E-state index contributed by atoms with van der Waals surface area (Å²) in [7, 11) is 0. The van der Waals surface area contributed by atoms with Crippen molar-refractivity contribution in [3.8, 4) is 0 Å². The van der Waals surface area contributed by atoms with Gasteiger partial charge in [0.05, 0.1) is 11.9 Å². The van der Waals surface area contributed by atoms with Gasteiger partial charge in [0.25, 0.3) is 0 Å². The van der Waals surface area contributed by atoms with Gasteiger partial charge in [0.1, 0.15) is 17.0 Å². The van der Waals surface area contributed by atoms with Crippen LogP contribution in [0.2, 0.25) is 0 Å². The third-order valence-corrected chi connectivity index (χ3v) is 4.88. The minimum absolute atomic E-state index is 0.622. The molecule has 3 aromatic rings. The maximum Gasteiger partial charge on any atom is 0.223 e. The monoisotopic (exact) mass is 330 g/mol. The molecular weight excluding hydrogens is 312 g/mol. The molecule has 0 atom stereocenters. The van der Waals surface area contributed by atoms with E-state index in [9.17, 15) is 0 Å². The normalized spacial score (nSPS) is 16.8. The fraction of sp³-hybridized carbons (Fsp3) is 0.467. The Morgan fingerprint density at radius 1 is 1.22 bits per heavy atom. The summed E-state index contributed by atoms with van der Waals surface area (Å²) < 4.78 is 5.05. The summed E-state index contributed by atoms with van der Waals surface area (Å²) in [5.74, 6) is 2.43. The Morgan fingerprint density at radius 2 is 2.17 bits per heavy atom. The number of aryl methyl sites for hydroxylation is 1. The molecule has 3 aromatic heterocycles. The predicted molar refractivity (Wildman–Crippen MR) is 88.6 cm³/mol. The van der Waals surface area contributed by atoms with E-state index < -0.39 is 0 Å². The molecule has 0 amide bonds. The van der Waals surface area contributed by atoms with Crippen LogP contribution in [0.15, 0.2) is 22.3 Å². The molecule has 8 heteroatoms. The van der Waals surface area contributed by atoms with Crippen LogP contribution in [-0.4, -0.2) is 51.2 Å². The molecule has 23 heavy (non-hydrogen) atoms. The molecule has 0 radical (unpaired) electrons. The zero-order valence-electron chi connectivity index (χ0n) is 13.0. The van der Waals surface area contributed by atoms with Crippen LogP contribution in [0.1, 0.15) is 18.1 Å². The van der Waals surface area contributed by atoms with Gasteiger partial charge in [-0.05, 0) is 17.9 Å². The molecule has 120 valence electrons. The Balaban J connectivity index is 1.47. The maximum atomic E-state index is 5.05. The van der Waals surface area contributed by atoms with Crippen molar-refractivity contribution in [2.75, 3.05) is 31.1 Å². The van der Waals surface area contributed by atoms with Crippen molar-refractivity contribution in [3.05, 3.63) is 29.5 Å². The van der Waals surface area contributed by atoms with Gasteiger partial charge in [0.15, 0.2) is 5.82 Å². The molecule has 1 aliphatic rings. The van der Waals surface area contributed by atoms with Crippen LogP contribution in [0.3, 0.4) is 0 Å². The molecule has 1 fully saturated rings. The number of hydrogen-bond donors (Lipinski definition) is 0. The first-order valence-corrected chi connectivity index (χ1v) is 8.62. The van der Waals surface area contributed by atoms with Crippen LogP contribution < -0.4 is 4.90 Å². The first-order valence-electron chi connectivity index (χ1n) is 7.74. The van der Waals surface area contributed by atoms with E-state index in [4.69, 9.17) is 4.52 Å². The van der Waals surface area contributed by atoms with Gasteiger partial charge < -0.3 is 9.42 Å². The molecular formula is C15H18N6OS. The highest BCUT2D eigenvalue weighted by molar-refractivity contribution is 7.16. The van der Waals surface area contributed by atoms with Crippen molar-refractivity contribution in [1.82, 2.24) is 25.0 Å². The van der Waals surface area contributed by atoms with Crippen LogP contribution in [-0.2, 0) is 6.54 Å². The molecule has 0 bridgehead atoms. The SMILES string of the molecule is Cc1nc(CN2CCCN(c3ncnc4sccc34)CC2)no1. The molecule has 0 aliphatic carbocycles. The summed E-state index contributed by atoms with van der Waals surface area (Å²) in [5.41, 5.74) is 0. The highest BCUT2D eigenvalue weighted by Crippen LogP contribution is 2.27. The number of thiophene rings is 1. The van der Waals surface area contributed by atoms with E-state index in [1.54, 1.807) is 17.7 Å². The summed E-state index contributed by atoms with van der Waals surface area (Å²) in [6.45, 7) is 6.50. The van der Waals surface area contributed by atoms with Crippen LogP contribution in [0.25, 0.3) is 10.2 Å². The molecule has 1 saturated heterocycles. The topological polar surface area (TPSA) is 71.2 Å². The second-order valence-electron chi connectivity index (χ2n) is 5.68. The van der Waals surface area contributed by atoms with E-state index in [0.29, 0.717) is 5.89 Å². The number of rotatable bonds is 3. The molecule has 1 aliphatic heterocycles. The van der Waals surface area contributed by atoms with Crippen LogP contribution in [0, 0.1) is 6.92 Å². The van der Waals surface area contributed by atoms with Crippen molar-refractivity contribution >= 4 is 27.4 Å². The Kier molecular flexibility index (Phi) is 3.92. The van der Waals surface area contributed by atoms with Gasteiger partial charge in [0, 0.05) is 33.1 Å². The van der Waals surface area contributed by atoms with Crippen molar-refractivity contribution in [3.63, 3.8) is 0 Å². The van der Waals surface area contributed by atoms with Crippen LogP contribution >= 0.6 is 11.3 Å². The van der Waals surface area contributed by atoms with E-state index in [2.05, 4.69) is 41.4 Å². The molecule has 0 saturated carbocycles. The molecule has 0 aromatic carbocycles. The van der Waals surface area contributed by atoms with Gasteiger partial charge in [-0.1, -0.05) is 5.16 Å². The van der Waals surface area contributed by atoms with Gasteiger partial charge in [-0.3, -0.25) is 4.90 Å². The minimum atomic E-state index is 0.622. The average molecular weight is 330 g/mol. The summed E-state index contributed by atoms with van der Waals surface area (Å²) in [6.07, 6.45) is 2.76. The maximum absolute atomic E-state index is 5.05. The summed E-state index contributed by atoms with van der Waals surface area (Å²) >= 11 is 1.66. The minimum Gasteiger partial charge on any atom is -0.355 e. The lowest BCUT2D eigenvalue weighted by Gasteiger charge is -2.22. The fourth-order valence-corrected chi connectivity index (χ4v) is 3.70.